The van der Waals surface area contributed by atoms with Gasteiger partial charge in [0.05, 0.1) is 17.9 Å². The van der Waals surface area contributed by atoms with Crippen molar-refractivity contribution < 1.29 is 27.8 Å². The van der Waals surface area contributed by atoms with Crippen LogP contribution in [0.5, 0.6) is 5.75 Å². The van der Waals surface area contributed by atoms with E-state index in [4.69, 9.17) is 4.74 Å². The van der Waals surface area contributed by atoms with Gasteiger partial charge in [0.25, 0.3) is 0 Å². The van der Waals surface area contributed by atoms with E-state index in [-0.39, 0.29) is 25.3 Å². The molecule has 4 rings (SSSR count). The first-order valence-electron chi connectivity index (χ1n) is 9.07. The summed E-state index contributed by atoms with van der Waals surface area (Å²) in [4.78, 5) is 17.2. The third-order valence-corrected chi connectivity index (χ3v) is 4.96. The number of rotatable bonds is 6. The smallest absolute Gasteiger partial charge is 0.354 e. The third kappa shape index (κ3) is 3.59. The molecule has 6 nitrogen and oxygen atoms in total. The van der Waals surface area contributed by atoms with E-state index in [1.165, 1.54) is 28.8 Å². The van der Waals surface area contributed by atoms with E-state index in [9.17, 15) is 23.1 Å². The summed E-state index contributed by atoms with van der Waals surface area (Å²) in [7, 11) is 0. The minimum absolute atomic E-state index is 0.0212. The van der Waals surface area contributed by atoms with E-state index in [1.807, 2.05) is 0 Å². The third-order valence-electron chi connectivity index (χ3n) is 4.96. The number of carboxylic acid groups (broad SMARTS) is 1. The largest absolute Gasteiger partial charge is 0.490 e. The quantitative estimate of drug-likeness (QED) is 0.676. The number of aromatic carboxylic acids is 1. The topological polar surface area (TPSA) is 67.1 Å². The second-order valence-corrected chi connectivity index (χ2v) is 6.78. The van der Waals surface area contributed by atoms with Crippen LogP contribution in [-0.2, 0) is 0 Å². The molecule has 0 unspecified atom stereocenters. The molecule has 2 aromatic heterocycles. The van der Waals surface area contributed by atoms with E-state index in [0.29, 0.717) is 22.6 Å². The lowest BCUT2D eigenvalue weighted by molar-refractivity contribution is 0.0689. The average molecular weight is 405 g/mol. The summed E-state index contributed by atoms with van der Waals surface area (Å²) in [6, 6.07) is 6.68. The van der Waals surface area contributed by atoms with Crippen molar-refractivity contribution in [1.29, 1.82) is 0 Å². The second kappa shape index (κ2) is 7.65. The SMILES string of the molecule is O=C(O)c1cnc2ccc(N3C[C@@H](F)C[C@@H]3c3cc(F)ccc3OCCF)cn12. The Kier molecular flexibility index (Phi) is 5.04. The Labute approximate surface area is 164 Å². The Balaban J connectivity index is 1.76. The van der Waals surface area contributed by atoms with Crippen LogP contribution in [0.15, 0.2) is 42.7 Å². The Bertz CT molecular complexity index is 1060. The number of nitrogens with zero attached hydrogens (tertiary/aromatic N) is 3. The van der Waals surface area contributed by atoms with E-state index < -0.39 is 30.7 Å². The zero-order chi connectivity index (χ0) is 20.5. The van der Waals surface area contributed by atoms with E-state index in [2.05, 4.69) is 4.98 Å². The Morgan fingerprint density at radius 2 is 2.14 bits per heavy atom. The van der Waals surface area contributed by atoms with E-state index in [1.54, 1.807) is 23.2 Å². The first-order chi connectivity index (χ1) is 14.0. The van der Waals surface area contributed by atoms with E-state index >= 15 is 0 Å². The molecule has 0 radical (unpaired) electrons. The van der Waals surface area contributed by atoms with Gasteiger partial charge in [-0.15, -0.1) is 0 Å². The molecule has 1 aliphatic rings. The number of ether oxygens (including phenoxy) is 1. The van der Waals surface area contributed by atoms with Crippen LogP contribution in [-0.4, -0.2) is 46.5 Å². The minimum atomic E-state index is -1.17. The summed E-state index contributed by atoms with van der Waals surface area (Å²) < 4.78 is 47.7. The highest BCUT2D eigenvalue weighted by Crippen LogP contribution is 2.41. The van der Waals surface area contributed by atoms with Gasteiger partial charge in [0.2, 0.25) is 0 Å². The number of pyridine rings is 1. The monoisotopic (exact) mass is 405 g/mol. The molecule has 1 aromatic carbocycles. The van der Waals surface area contributed by atoms with Crippen LogP contribution < -0.4 is 9.64 Å². The van der Waals surface area contributed by atoms with Crippen molar-refractivity contribution in [2.75, 3.05) is 24.7 Å². The number of carboxylic acids is 1. The number of hydrogen-bond donors (Lipinski definition) is 1. The Hall–Kier alpha value is -3.23. The molecule has 3 aromatic rings. The van der Waals surface area contributed by atoms with Crippen LogP contribution in [0.25, 0.3) is 5.65 Å². The van der Waals surface area contributed by atoms with Crippen LogP contribution in [0, 0.1) is 5.82 Å². The van der Waals surface area contributed by atoms with Crippen LogP contribution in [0.2, 0.25) is 0 Å². The second-order valence-electron chi connectivity index (χ2n) is 6.78. The van der Waals surface area contributed by atoms with E-state index in [0.717, 1.165) is 0 Å². The number of carbonyl (C=O) groups is 1. The summed E-state index contributed by atoms with van der Waals surface area (Å²) in [5.41, 5.74) is 1.40. The van der Waals surface area contributed by atoms with Crippen molar-refractivity contribution in [1.82, 2.24) is 9.38 Å². The van der Waals surface area contributed by atoms with Crippen molar-refractivity contribution >= 4 is 17.3 Å². The fourth-order valence-electron chi connectivity index (χ4n) is 3.72. The first-order valence-corrected chi connectivity index (χ1v) is 9.07. The van der Waals surface area contributed by atoms with Crippen LogP contribution in [0.4, 0.5) is 18.9 Å². The number of imidazole rings is 1. The minimum Gasteiger partial charge on any atom is -0.490 e. The lowest BCUT2D eigenvalue weighted by Crippen LogP contribution is -2.24. The number of fused-ring (bicyclic) bond motifs is 1. The first kappa shape index (κ1) is 19.1. The van der Waals surface area contributed by atoms with Crippen molar-refractivity contribution in [3.8, 4) is 5.75 Å². The normalized spacial score (nSPS) is 19.1. The summed E-state index contributed by atoms with van der Waals surface area (Å²) in [5, 5.41) is 9.33. The molecular formula is C20H18F3N3O3. The Morgan fingerprint density at radius 1 is 1.31 bits per heavy atom. The maximum Gasteiger partial charge on any atom is 0.354 e. The number of anilines is 1. The molecule has 0 bridgehead atoms. The zero-order valence-electron chi connectivity index (χ0n) is 15.3. The molecule has 29 heavy (non-hydrogen) atoms. The summed E-state index contributed by atoms with van der Waals surface area (Å²) >= 11 is 0. The molecule has 1 N–H and O–H groups in total. The van der Waals surface area contributed by atoms with Gasteiger partial charge in [0.15, 0.2) is 5.69 Å². The number of halogens is 3. The molecule has 1 saturated heterocycles. The summed E-state index contributed by atoms with van der Waals surface area (Å²) in [5.74, 6) is -1.35. The van der Waals surface area contributed by atoms with Gasteiger partial charge < -0.3 is 14.7 Å². The van der Waals surface area contributed by atoms with Crippen LogP contribution in [0.1, 0.15) is 28.5 Å². The van der Waals surface area contributed by atoms with Gasteiger partial charge in [-0.1, -0.05) is 0 Å². The molecule has 2 atom stereocenters. The molecule has 3 heterocycles. The van der Waals surface area contributed by atoms with Gasteiger partial charge in [0, 0.05) is 24.7 Å². The number of benzene rings is 1. The lowest BCUT2D eigenvalue weighted by Gasteiger charge is -2.28. The zero-order valence-corrected chi connectivity index (χ0v) is 15.3. The maximum absolute atomic E-state index is 14.4. The van der Waals surface area contributed by atoms with Crippen molar-refractivity contribution in [3.05, 3.63) is 59.8 Å². The van der Waals surface area contributed by atoms with Gasteiger partial charge in [-0.25, -0.2) is 22.9 Å². The van der Waals surface area contributed by atoms with Crippen molar-refractivity contribution in [3.63, 3.8) is 0 Å². The average Bonchev–Trinajstić information content (AvgIpc) is 3.29. The highest BCUT2D eigenvalue weighted by atomic mass is 19.1. The number of aromatic nitrogens is 2. The highest BCUT2D eigenvalue weighted by Gasteiger charge is 2.35. The van der Waals surface area contributed by atoms with Crippen molar-refractivity contribution in [2.24, 2.45) is 0 Å². The molecular weight excluding hydrogens is 387 g/mol. The molecule has 9 heteroatoms. The van der Waals surface area contributed by atoms with Gasteiger partial charge in [-0.3, -0.25) is 4.40 Å². The lowest BCUT2D eigenvalue weighted by atomic mass is 10.0. The maximum atomic E-state index is 14.4. The number of hydrogen-bond acceptors (Lipinski definition) is 4. The van der Waals surface area contributed by atoms with Gasteiger partial charge in [-0.2, -0.15) is 0 Å². The molecule has 0 spiro atoms. The highest BCUT2D eigenvalue weighted by molar-refractivity contribution is 5.86. The number of alkyl halides is 2. The fourth-order valence-corrected chi connectivity index (χ4v) is 3.72. The molecule has 0 amide bonds. The molecule has 0 aliphatic carbocycles. The van der Waals surface area contributed by atoms with Crippen LogP contribution in [0.3, 0.4) is 0 Å². The Morgan fingerprint density at radius 3 is 2.90 bits per heavy atom. The predicted molar refractivity (Wildman–Crippen MR) is 99.6 cm³/mol. The molecule has 152 valence electrons. The predicted octanol–water partition coefficient (Wildman–Crippen LogP) is 3.81. The summed E-state index contributed by atoms with van der Waals surface area (Å²) in [6.45, 7) is -0.841. The molecule has 1 aliphatic heterocycles. The molecule has 1 fully saturated rings. The van der Waals surface area contributed by atoms with Gasteiger partial charge >= 0.3 is 5.97 Å². The fraction of sp³-hybridized carbons (Fsp3) is 0.300. The summed E-state index contributed by atoms with van der Waals surface area (Å²) in [6.07, 6.45) is 1.74. The van der Waals surface area contributed by atoms with Crippen LogP contribution >= 0.6 is 0 Å². The van der Waals surface area contributed by atoms with Crippen molar-refractivity contribution in [2.45, 2.75) is 18.6 Å². The molecule has 0 saturated carbocycles. The van der Waals surface area contributed by atoms with Gasteiger partial charge in [-0.05, 0) is 30.3 Å². The van der Waals surface area contributed by atoms with Gasteiger partial charge in [0.1, 0.15) is 36.7 Å². The standard InChI is InChI=1S/C20H18F3N3O3/c21-5-6-29-18-3-1-12(22)7-15(18)16-8-13(23)10-25(16)14-2-4-19-24-9-17(20(27)28)26(19)11-14/h1-4,7,9,11,13,16H,5-6,8,10H2,(H,27,28)/t13-,16+/m0/s1.